The molecule has 2 nitrogen and oxygen atoms in total. The molecule has 0 aromatic heterocycles. The highest BCUT2D eigenvalue weighted by Crippen LogP contribution is 2.26. The fraction of sp³-hybridized carbons (Fsp3) is 0.235. The number of carbonyl (C=O) groups excluding carboxylic acids is 1. The van der Waals surface area contributed by atoms with E-state index >= 15 is 0 Å². The minimum absolute atomic E-state index is 0.0619. The van der Waals surface area contributed by atoms with Crippen LogP contribution in [0.2, 0.25) is 0 Å². The molecule has 1 amide bonds. The quantitative estimate of drug-likeness (QED) is 0.824. The van der Waals surface area contributed by atoms with Crippen molar-refractivity contribution in [3.8, 4) is 0 Å². The number of hydrogen-bond acceptors (Lipinski definition) is 1. The highest BCUT2D eigenvalue weighted by molar-refractivity contribution is 9.10. The summed E-state index contributed by atoms with van der Waals surface area (Å²) in [5.74, 6) is -0.0714. The highest BCUT2D eigenvalue weighted by Gasteiger charge is 2.21. The molecule has 3 heteroatoms. The first kappa shape index (κ1) is 14.8. The molecule has 2 aromatic rings. The van der Waals surface area contributed by atoms with Gasteiger partial charge in [0.25, 0.3) is 5.91 Å². The summed E-state index contributed by atoms with van der Waals surface area (Å²) in [5, 5.41) is 2.94. The average molecular weight is 332 g/mol. The van der Waals surface area contributed by atoms with Gasteiger partial charge >= 0.3 is 0 Å². The summed E-state index contributed by atoms with van der Waals surface area (Å²) in [7, 11) is 0. The third kappa shape index (κ3) is 3.48. The van der Waals surface area contributed by atoms with Crippen LogP contribution in [0.5, 0.6) is 0 Å². The molecule has 0 fully saturated rings. The Labute approximate surface area is 128 Å². The first-order valence-corrected chi connectivity index (χ1v) is 7.33. The molecule has 0 spiro atoms. The van der Waals surface area contributed by atoms with Gasteiger partial charge in [0.2, 0.25) is 0 Å². The van der Waals surface area contributed by atoms with Crippen molar-refractivity contribution in [2.75, 3.05) is 5.32 Å². The molecule has 0 saturated heterocycles. The fourth-order valence-electron chi connectivity index (χ4n) is 2.07. The maximum Gasteiger partial charge on any atom is 0.255 e. The molecular weight excluding hydrogens is 314 g/mol. The van der Waals surface area contributed by atoms with Crippen LogP contribution in [0.15, 0.2) is 53.0 Å². The fourth-order valence-corrected chi connectivity index (χ4v) is 2.33. The lowest BCUT2D eigenvalue weighted by Crippen LogP contribution is -2.20. The highest BCUT2D eigenvalue weighted by atomic mass is 79.9. The standard InChI is InChI=1S/C17H18BrNO/c1-17(2,3)15-7-5-4-6-14(15)16(20)19-13-10-8-12(18)9-11-13/h4-11H,1-3H3,(H,19,20). The second-order valence-corrected chi connectivity index (χ2v) is 6.67. The Kier molecular flexibility index (Phi) is 4.29. The third-order valence-corrected chi connectivity index (χ3v) is 3.61. The Bertz CT molecular complexity index is 612. The number of rotatable bonds is 2. The van der Waals surface area contributed by atoms with E-state index in [4.69, 9.17) is 0 Å². The largest absolute Gasteiger partial charge is 0.322 e. The van der Waals surface area contributed by atoms with Crippen LogP contribution in [-0.4, -0.2) is 5.91 Å². The lowest BCUT2D eigenvalue weighted by Gasteiger charge is -2.22. The van der Waals surface area contributed by atoms with Crippen molar-refractivity contribution >= 4 is 27.5 Å². The van der Waals surface area contributed by atoms with E-state index in [2.05, 4.69) is 42.0 Å². The summed E-state index contributed by atoms with van der Waals surface area (Å²) in [6.45, 7) is 6.33. The Balaban J connectivity index is 2.28. The zero-order valence-corrected chi connectivity index (χ0v) is 13.5. The van der Waals surface area contributed by atoms with Crippen LogP contribution < -0.4 is 5.32 Å². The summed E-state index contributed by atoms with van der Waals surface area (Å²) < 4.78 is 0.991. The lowest BCUT2D eigenvalue weighted by molar-refractivity contribution is 0.102. The smallest absolute Gasteiger partial charge is 0.255 e. The van der Waals surface area contributed by atoms with Gasteiger partial charge in [-0.05, 0) is 41.3 Å². The summed E-state index contributed by atoms with van der Waals surface area (Å²) >= 11 is 3.38. The second kappa shape index (κ2) is 5.80. The number of halogens is 1. The van der Waals surface area contributed by atoms with Crippen molar-refractivity contribution in [2.24, 2.45) is 0 Å². The van der Waals surface area contributed by atoms with Gasteiger partial charge in [-0.15, -0.1) is 0 Å². The molecule has 0 atom stereocenters. The van der Waals surface area contributed by atoms with Gasteiger partial charge in [0.05, 0.1) is 0 Å². The predicted octanol–water partition coefficient (Wildman–Crippen LogP) is 5.00. The first-order valence-electron chi connectivity index (χ1n) is 6.54. The molecule has 1 N–H and O–H groups in total. The Morgan fingerprint density at radius 3 is 2.20 bits per heavy atom. The molecular formula is C17H18BrNO. The van der Waals surface area contributed by atoms with E-state index in [9.17, 15) is 4.79 Å². The maximum atomic E-state index is 12.4. The molecule has 0 aliphatic rings. The molecule has 0 heterocycles. The summed E-state index contributed by atoms with van der Waals surface area (Å²) in [6.07, 6.45) is 0. The van der Waals surface area contributed by atoms with E-state index in [-0.39, 0.29) is 11.3 Å². The van der Waals surface area contributed by atoms with Crippen molar-refractivity contribution in [1.82, 2.24) is 0 Å². The van der Waals surface area contributed by atoms with Gasteiger partial charge in [-0.1, -0.05) is 54.9 Å². The second-order valence-electron chi connectivity index (χ2n) is 5.76. The van der Waals surface area contributed by atoms with Crippen LogP contribution in [-0.2, 0) is 5.41 Å². The van der Waals surface area contributed by atoms with Crippen LogP contribution in [0.3, 0.4) is 0 Å². The maximum absolute atomic E-state index is 12.4. The number of carbonyl (C=O) groups is 1. The van der Waals surface area contributed by atoms with E-state index in [1.807, 2.05) is 48.5 Å². The topological polar surface area (TPSA) is 29.1 Å². The van der Waals surface area contributed by atoms with E-state index in [0.717, 1.165) is 21.3 Å². The zero-order valence-electron chi connectivity index (χ0n) is 11.9. The molecule has 0 saturated carbocycles. The molecule has 20 heavy (non-hydrogen) atoms. The molecule has 0 radical (unpaired) electrons. The van der Waals surface area contributed by atoms with Crippen molar-refractivity contribution in [2.45, 2.75) is 26.2 Å². The third-order valence-electron chi connectivity index (χ3n) is 3.08. The summed E-state index contributed by atoms with van der Waals surface area (Å²) in [4.78, 5) is 12.4. The van der Waals surface area contributed by atoms with Crippen molar-refractivity contribution in [1.29, 1.82) is 0 Å². The predicted molar refractivity (Wildman–Crippen MR) is 87.2 cm³/mol. The van der Waals surface area contributed by atoms with Crippen molar-refractivity contribution in [3.05, 3.63) is 64.1 Å². The number of amides is 1. The van der Waals surface area contributed by atoms with Gasteiger partial charge in [0.1, 0.15) is 0 Å². The van der Waals surface area contributed by atoms with Crippen LogP contribution >= 0.6 is 15.9 Å². The minimum atomic E-state index is -0.0714. The van der Waals surface area contributed by atoms with Gasteiger partial charge in [0, 0.05) is 15.7 Å². The normalized spacial score (nSPS) is 11.2. The summed E-state index contributed by atoms with van der Waals surface area (Å²) in [5.41, 5.74) is 2.51. The van der Waals surface area contributed by atoms with Gasteiger partial charge in [-0.2, -0.15) is 0 Å². The van der Waals surface area contributed by atoms with E-state index in [1.54, 1.807) is 0 Å². The molecule has 0 unspecified atom stereocenters. The van der Waals surface area contributed by atoms with E-state index < -0.39 is 0 Å². The van der Waals surface area contributed by atoms with Crippen LogP contribution in [0.25, 0.3) is 0 Å². The van der Waals surface area contributed by atoms with Gasteiger partial charge in [0.15, 0.2) is 0 Å². The lowest BCUT2D eigenvalue weighted by atomic mass is 9.83. The molecule has 0 aliphatic heterocycles. The average Bonchev–Trinajstić information content (AvgIpc) is 2.40. The van der Waals surface area contributed by atoms with Crippen LogP contribution in [0.4, 0.5) is 5.69 Å². The molecule has 0 aliphatic carbocycles. The number of nitrogens with one attached hydrogen (secondary N) is 1. The number of hydrogen-bond donors (Lipinski definition) is 1. The first-order chi connectivity index (χ1) is 9.38. The van der Waals surface area contributed by atoms with Gasteiger partial charge in [-0.3, -0.25) is 4.79 Å². The van der Waals surface area contributed by atoms with Crippen LogP contribution in [0, 0.1) is 0 Å². The summed E-state index contributed by atoms with van der Waals surface area (Å²) in [6, 6.07) is 15.3. The molecule has 104 valence electrons. The van der Waals surface area contributed by atoms with Crippen molar-refractivity contribution in [3.63, 3.8) is 0 Å². The van der Waals surface area contributed by atoms with Crippen LogP contribution in [0.1, 0.15) is 36.7 Å². The number of anilines is 1. The van der Waals surface area contributed by atoms with E-state index in [0.29, 0.717) is 0 Å². The Hall–Kier alpha value is -1.61. The van der Waals surface area contributed by atoms with Crippen molar-refractivity contribution < 1.29 is 4.79 Å². The van der Waals surface area contributed by atoms with Gasteiger partial charge < -0.3 is 5.32 Å². The molecule has 2 rings (SSSR count). The molecule has 2 aromatic carbocycles. The van der Waals surface area contributed by atoms with Gasteiger partial charge in [-0.25, -0.2) is 0 Å². The minimum Gasteiger partial charge on any atom is -0.322 e. The molecule has 0 bridgehead atoms. The Morgan fingerprint density at radius 2 is 1.60 bits per heavy atom. The Morgan fingerprint density at radius 1 is 1.00 bits per heavy atom. The van der Waals surface area contributed by atoms with E-state index in [1.165, 1.54) is 0 Å². The SMILES string of the molecule is CC(C)(C)c1ccccc1C(=O)Nc1ccc(Br)cc1. The zero-order chi connectivity index (χ0) is 14.8. The number of benzene rings is 2. The monoisotopic (exact) mass is 331 g/mol.